The van der Waals surface area contributed by atoms with E-state index in [0.717, 1.165) is 76.5 Å². The van der Waals surface area contributed by atoms with E-state index in [4.69, 9.17) is 30.9 Å². The van der Waals surface area contributed by atoms with Gasteiger partial charge in [0.05, 0.1) is 36.0 Å². The Balaban J connectivity index is 1.21. The molecule has 1 N–H and O–H groups in total. The number of fused-ring (bicyclic) bond motifs is 3. The standard InChI is InChI=1S/C41H46ClFN4O6/c1-3-34-37-33(44-45(34)2)25-46(41(50)53-23-17-26-15-21-51-22-16-26)18-4-5-19-47-38-31(13-14-32(42)36(37)38)30(39(47)40(48)49)9-7-20-52-35-10-6-8-27-24-28(43)11-12-29(27)35/h6,8,10-14,24,26H,3-5,7,9,15-23,25H2,1-2H3,(H,48,49). The number of benzene rings is 3. The van der Waals surface area contributed by atoms with Crippen LogP contribution in [0.4, 0.5) is 9.18 Å². The summed E-state index contributed by atoms with van der Waals surface area (Å²) < 4.78 is 35.1. The number of carbonyl (C=O) groups is 2. The van der Waals surface area contributed by atoms with Crippen molar-refractivity contribution in [3.8, 4) is 16.9 Å². The SMILES string of the molecule is CCc1c2c(nn1C)CN(C(=O)OCCC1CCOCC1)CCCCn1c(C(=O)O)c(CCCOc3cccc4cc(F)ccc34)c3ccc(Cl)c-2c31. The molecule has 5 aromatic rings. The number of carboxylic acids is 1. The Labute approximate surface area is 313 Å². The van der Waals surface area contributed by atoms with E-state index in [1.165, 1.54) is 12.1 Å². The number of hydrogen-bond acceptors (Lipinski definition) is 6. The lowest BCUT2D eigenvalue weighted by atomic mass is 9.97. The molecule has 1 saturated heterocycles. The molecule has 53 heavy (non-hydrogen) atoms. The maximum absolute atomic E-state index is 13.8. The summed E-state index contributed by atoms with van der Waals surface area (Å²) in [7, 11) is 1.89. The second-order valence-corrected chi connectivity index (χ2v) is 14.4. The van der Waals surface area contributed by atoms with Gasteiger partial charge in [-0.2, -0.15) is 5.10 Å². The van der Waals surface area contributed by atoms with Gasteiger partial charge < -0.3 is 28.8 Å². The monoisotopic (exact) mass is 744 g/mol. The number of aromatic carboxylic acids is 1. The second-order valence-electron chi connectivity index (χ2n) is 14.0. The molecule has 0 saturated carbocycles. The van der Waals surface area contributed by atoms with E-state index in [2.05, 4.69) is 6.92 Å². The van der Waals surface area contributed by atoms with Crippen LogP contribution in [0.1, 0.15) is 72.9 Å². The van der Waals surface area contributed by atoms with Gasteiger partial charge in [-0.25, -0.2) is 14.0 Å². The number of carbonyl (C=O) groups excluding carboxylic acids is 1. The number of carboxylic acid groups (broad SMARTS) is 1. The molecule has 2 aromatic heterocycles. The van der Waals surface area contributed by atoms with Gasteiger partial charge in [-0.1, -0.05) is 36.7 Å². The summed E-state index contributed by atoms with van der Waals surface area (Å²) in [5.74, 6) is -0.177. The molecule has 280 valence electrons. The summed E-state index contributed by atoms with van der Waals surface area (Å²) in [5, 5.41) is 18.6. The quantitative estimate of drug-likeness (QED) is 0.142. The van der Waals surface area contributed by atoms with E-state index in [1.54, 1.807) is 11.0 Å². The number of rotatable bonds is 10. The van der Waals surface area contributed by atoms with Crippen molar-refractivity contribution in [3.05, 3.63) is 82.0 Å². The molecule has 3 aromatic carbocycles. The molecule has 0 aliphatic carbocycles. The topological polar surface area (TPSA) is 108 Å². The molecular formula is C41H46ClFN4O6. The van der Waals surface area contributed by atoms with Crippen LogP contribution in [-0.4, -0.2) is 69.4 Å². The van der Waals surface area contributed by atoms with Crippen molar-refractivity contribution >= 4 is 45.3 Å². The second kappa shape index (κ2) is 16.2. The zero-order chi connectivity index (χ0) is 37.1. The van der Waals surface area contributed by atoms with E-state index < -0.39 is 5.97 Å². The summed E-state index contributed by atoms with van der Waals surface area (Å²) in [4.78, 5) is 28.5. The van der Waals surface area contributed by atoms with Crippen LogP contribution < -0.4 is 4.74 Å². The van der Waals surface area contributed by atoms with Gasteiger partial charge >= 0.3 is 12.1 Å². The van der Waals surface area contributed by atoms with Crippen molar-refractivity contribution < 1.29 is 33.3 Å². The lowest BCUT2D eigenvalue weighted by molar-refractivity contribution is 0.0499. The number of aromatic nitrogens is 3. The third-order valence-electron chi connectivity index (χ3n) is 10.7. The van der Waals surface area contributed by atoms with Crippen LogP contribution in [0.2, 0.25) is 5.02 Å². The first-order chi connectivity index (χ1) is 25.7. The smallest absolute Gasteiger partial charge is 0.410 e. The van der Waals surface area contributed by atoms with Gasteiger partial charge in [0.1, 0.15) is 17.3 Å². The summed E-state index contributed by atoms with van der Waals surface area (Å²) in [6.07, 6.45) is 5.34. The zero-order valence-corrected chi connectivity index (χ0v) is 31.1. The lowest BCUT2D eigenvalue weighted by Crippen LogP contribution is -2.33. The molecule has 7 rings (SSSR count). The Kier molecular flexibility index (Phi) is 11.2. The first kappa shape index (κ1) is 36.7. The van der Waals surface area contributed by atoms with E-state index in [-0.39, 0.29) is 24.1 Å². The van der Waals surface area contributed by atoms with Crippen molar-refractivity contribution in [1.29, 1.82) is 0 Å². The van der Waals surface area contributed by atoms with Crippen LogP contribution in [0.3, 0.4) is 0 Å². The molecule has 2 aliphatic rings. The summed E-state index contributed by atoms with van der Waals surface area (Å²) in [5.41, 5.74) is 4.91. The molecule has 10 nitrogen and oxygen atoms in total. The molecule has 1 amide bonds. The molecule has 4 heterocycles. The fraction of sp³-hybridized carbons (Fsp3) is 0.439. The molecular weight excluding hydrogens is 699 g/mol. The highest BCUT2D eigenvalue weighted by Crippen LogP contribution is 2.43. The van der Waals surface area contributed by atoms with Gasteiger partial charge in [0.2, 0.25) is 0 Å². The van der Waals surface area contributed by atoms with E-state index in [0.29, 0.717) is 80.8 Å². The maximum Gasteiger partial charge on any atom is 0.410 e. The van der Waals surface area contributed by atoms with Crippen LogP contribution in [-0.2, 0) is 42.5 Å². The fourth-order valence-corrected chi connectivity index (χ4v) is 8.33. The van der Waals surface area contributed by atoms with Gasteiger partial charge in [0, 0.05) is 60.9 Å². The largest absolute Gasteiger partial charge is 0.493 e. The summed E-state index contributed by atoms with van der Waals surface area (Å²) in [6.45, 7) is 5.36. The third kappa shape index (κ3) is 7.59. The van der Waals surface area contributed by atoms with Crippen LogP contribution in [0.25, 0.3) is 32.8 Å². The molecule has 0 bridgehead atoms. The Hall–Kier alpha value is -4.61. The lowest BCUT2D eigenvalue weighted by Gasteiger charge is -2.24. The average Bonchev–Trinajstić information content (AvgIpc) is 3.63. The number of aryl methyl sites for hydroxylation is 3. The Morgan fingerprint density at radius 3 is 2.62 bits per heavy atom. The van der Waals surface area contributed by atoms with Gasteiger partial charge in [-0.3, -0.25) is 4.68 Å². The molecule has 0 atom stereocenters. The Morgan fingerprint density at radius 1 is 1.04 bits per heavy atom. The minimum atomic E-state index is -1.01. The van der Waals surface area contributed by atoms with Gasteiger partial charge in [0.15, 0.2) is 0 Å². The van der Waals surface area contributed by atoms with E-state index in [9.17, 15) is 19.1 Å². The van der Waals surface area contributed by atoms with Crippen molar-refractivity contribution in [3.63, 3.8) is 0 Å². The van der Waals surface area contributed by atoms with Crippen LogP contribution in [0.5, 0.6) is 5.75 Å². The molecule has 2 aliphatic heterocycles. The van der Waals surface area contributed by atoms with Crippen LogP contribution in [0.15, 0.2) is 48.5 Å². The molecule has 12 heteroatoms. The number of amides is 1. The maximum atomic E-state index is 13.8. The van der Waals surface area contributed by atoms with Crippen molar-refractivity contribution in [2.45, 2.75) is 71.4 Å². The first-order valence-electron chi connectivity index (χ1n) is 18.7. The van der Waals surface area contributed by atoms with Gasteiger partial charge in [0.25, 0.3) is 0 Å². The van der Waals surface area contributed by atoms with E-state index in [1.807, 2.05) is 46.6 Å². The normalized spacial score (nSPS) is 15.4. The number of ether oxygens (including phenoxy) is 3. The molecule has 0 unspecified atom stereocenters. The first-order valence-corrected chi connectivity index (χ1v) is 19.0. The summed E-state index contributed by atoms with van der Waals surface area (Å²) in [6, 6.07) is 13.9. The fourth-order valence-electron chi connectivity index (χ4n) is 8.09. The minimum Gasteiger partial charge on any atom is -0.493 e. The van der Waals surface area contributed by atoms with Crippen molar-refractivity contribution in [2.75, 3.05) is 33.0 Å². The minimum absolute atomic E-state index is 0.233. The van der Waals surface area contributed by atoms with Crippen LogP contribution >= 0.6 is 11.6 Å². The molecule has 1 fully saturated rings. The average molecular weight is 745 g/mol. The highest BCUT2D eigenvalue weighted by Gasteiger charge is 2.31. The number of hydrogen-bond donors (Lipinski definition) is 1. The predicted octanol–water partition coefficient (Wildman–Crippen LogP) is 8.81. The zero-order valence-electron chi connectivity index (χ0n) is 30.3. The molecule has 0 radical (unpaired) electrons. The van der Waals surface area contributed by atoms with Gasteiger partial charge in [-0.05, 0) is 98.6 Å². The highest BCUT2D eigenvalue weighted by molar-refractivity contribution is 6.35. The van der Waals surface area contributed by atoms with Gasteiger partial charge in [-0.15, -0.1) is 0 Å². The highest BCUT2D eigenvalue weighted by atomic mass is 35.5. The Morgan fingerprint density at radius 2 is 1.83 bits per heavy atom. The number of nitrogens with zero attached hydrogens (tertiary/aromatic N) is 4. The predicted molar refractivity (Wildman–Crippen MR) is 202 cm³/mol. The number of halogens is 2. The van der Waals surface area contributed by atoms with Crippen LogP contribution in [0, 0.1) is 11.7 Å². The van der Waals surface area contributed by atoms with Crippen molar-refractivity contribution in [2.24, 2.45) is 13.0 Å². The van der Waals surface area contributed by atoms with Crippen molar-refractivity contribution in [1.82, 2.24) is 19.2 Å². The Bertz CT molecular complexity index is 2140. The third-order valence-corrected chi connectivity index (χ3v) is 11.0. The molecule has 0 spiro atoms. The van der Waals surface area contributed by atoms with E-state index >= 15 is 0 Å². The summed E-state index contributed by atoms with van der Waals surface area (Å²) >= 11 is 7.11.